The lowest BCUT2D eigenvalue weighted by molar-refractivity contribution is -0.387. The normalized spacial score (nSPS) is 10.8. The summed E-state index contributed by atoms with van der Waals surface area (Å²) in [5.41, 5.74) is 0.812. The van der Waals surface area contributed by atoms with Crippen molar-refractivity contribution in [2.45, 2.75) is 13.8 Å². The minimum Gasteiger partial charge on any atom is -0.319 e. The van der Waals surface area contributed by atoms with Crippen LogP contribution in [0.1, 0.15) is 22.0 Å². The Hall–Kier alpha value is -3.43. The van der Waals surface area contributed by atoms with Crippen LogP contribution in [-0.4, -0.2) is 30.4 Å². The molecule has 0 aliphatic carbocycles. The Labute approximate surface area is 134 Å². The van der Waals surface area contributed by atoms with Gasteiger partial charge in [0.05, 0.1) is 4.92 Å². The van der Waals surface area contributed by atoms with E-state index in [0.717, 1.165) is 23.5 Å². The molecule has 0 bridgehead atoms. The van der Waals surface area contributed by atoms with Gasteiger partial charge in [0, 0.05) is 23.1 Å². The van der Waals surface area contributed by atoms with Gasteiger partial charge in [-0.2, -0.15) is 9.37 Å². The Kier molecular flexibility index (Phi) is 3.64. The Bertz CT molecular complexity index is 984. The zero-order valence-electron chi connectivity index (χ0n) is 12.6. The van der Waals surface area contributed by atoms with Crippen molar-refractivity contribution in [1.29, 1.82) is 0 Å². The van der Waals surface area contributed by atoms with Crippen molar-refractivity contribution in [2.75, 3.05) is 5.32 Å². The zero-order valence-corrected chi connectivity index (χ0v) is 12.6. The number of anilines is 1. The molecule has 0 spiro atoms. The summed E-state index contributed by atoms with van der Waals surface area (Å²) in [6.07, 6.45) is 0. The second-order valence-corrected chi connectivity index (χ2v) is 5.06. The van der Waals surface area contributed by atoms with Gasteiger partial charge in [-0.05, 0) is 32.0 Å². The highest BCUT2D eigenvalue weighted by atomic mass is 19.1. The number of nitro benzene ring substituents is 1. The van der Waals surface area contributed by atoms with E-state index in [1.807, 2.05) is 0 Å². The summed E-state index contributed by atoms with van der Waals surface area (Å²) in [7, 11) is 0. The van der Waals surface area contributed by atoms with E-state index in [9.17, 15) is 19.3 Å². The number of fused-ring (bicyclic) bond motifs is 1. The molecule has 122 valence electrons. The Morgan fingerprint density at radius 3 is 2.75 bits per heavy atom. The lowest BCUT2D eigenvalue weighted by Gasteiger charge is -2.02. The van der Waals surface area contributed by atoms with Crippen LogP contribution in [0.2, 0.25) is 0 Å². The summed E-state index contributed by atoms with van der Waals surface area (Å²) < 4.78 is 14.7. The number of rotatable bonds is 3. The summed E-state index contributed by atoms with van der Waals surface area (Å²) in [6, 6.07) is 4.83. The van der Waals surface area contributed by atoms with E-state index in [0.29, 0.717) is 0 Å². The van der Waals surface area contributed by atoms with Gasteiger partial charge in [-0.3, -0.25) is 14.9 Å². The van der Waals surface area contributed by atoms with Crippen LogP contribution in [0.15, 0.2) is 24.3 Å². The van der Waals surface area contributed by atoms with Crippen molar-refractivity contribution in [1.82, 2.24) is 19.6 Å². The van der Waals surface area contributed by atoms with Crippen molar-refractivity contribution in [3.63, 3.8) is 0 Å². The van der Waals surface area contributed by atoms with Crippen molar-refractivity contribution in [3.05, 3.63) is 57.4 Å². The number of nitrogens with one attached hydrogen (secondary N) is 1. The second kappa shape index (κ2) is 5.65. The molecule has 0 saturated heterocycles. The monoisotopic (exact) mass is 330 g/mol. The number of halogens is 1. The van der Waals surface area contributed by atoms with Crippen molar-refractivity contribution in [2.24, 2.45) is 0 Å². The highest BCUT2D eigenvalue weighted by Gasteiger charge is 2.18. The number of carbonyl (C=O) groups excluding carboxylic acids is 1. The molecule has 2 heterocycles. The summed E-state index contributed by atoms with van der Waals surface area (Å²) in [5, 5.41) is 17.2. The van der Waals surface area contributed by atoms with E-state index in [4.69, 9.17) is 0 Å². The van der Waals surface area contributed by atoms with Crippen molar-refractivity contribution < 1.29 is 14.1 Å². The van der Waals surface area contributed by atoms with Crippen LogP contribution in [0.25, 0.3) is 5.78 Å². The fourth-order valence-electron chi connectivity index (χ4n) is 2.18. The van der Waals surface area contributed by atoms with E-state index < -0.39 is 22.3 Å². The first-order valence-corrected chi connectivity index (χ1v) is 6.81. The number of nitrogens with zero attached hydrogens (tertiary/aromatic N) is 5. The molecular weight excluding hydrogens is 319 g/mol. The van der Waals surface area contributed by atoms with E-state index in [1.165, 1.54) is 10.6 Å². The average Bonchev–Trinajstić information content (AvgIpc) is 2.93. The van der Waals surface area contributed by atoms with Gasteiger partial charge in [-0.1, -0.05) is 0 Å². The molecule has 0 saturated carbocycles. The molecule has 0 fully saturated rings. The molecule has 2 aromatic heterocycles. The number of benzene rings is 1. The van der Waals surface area contributed by atoms with Crippen LogP contribution in [0.4, 0.5) is 15.8 Å². The molecule has 0 unspecified atom stereocenters. The van der Waals surface area contributed by atoms with Crippen LogP contribution in [-0.2, 0) is 0 Å². The summed E-state index contributed by atoms with van der Waals surface area (Å²) in [6.45, 7) is 3.58. The van der Waals surface area contributed by atoms with Gasteiger partial charge >= 0.3 is 5.69 Å². The summed E-state index contributed by atoms with van der Waals surface area (Å²) >= 11 is 0. The fourth-order valence-corrected chi connectivity index (χ4v) is 2.18. The molecule has 0 aliphatic rings. The average molecular weight is 330 g/mol. The van der Waals surface area contributed by atoms with Crippen LogP contribution in [0, 0.1) is 29.8 Å². The van der Waals surface area contributed by atoms with E-state index in [2.05, 4.69) is 20.4 Å². The van der Waals surface area contributed by atoms with E-state index >= 15 is 0 Å². The lowest BCUT2D eigenvalue weighted by atomic mass is 10.2. The molecule has 3 rings (SSSR count). The van der Waals surface area contributed by atoms with Crippen molar-refractivity contribution in [3.8, 4) is 0 Å². The van der Waals surface area contributed by atoms with Gasteiger partial charge in [0.2, 0.25) is 11.6 Å². The van der Waals surface area contributed by atoms with Gasteiger partial charge in [0.1, 0.15) is 0 Å². The van der Waals surface area contributed by atoms with E-state index in [-0.39, 0.29) is 17.3 Å². The smallest absolute Gasteiger partial charge is 0.306 e. The number of aryl methyl sites for hydroxylation is 2. The van der Waals surface area contributed by atoms with Crippen LogP contribution >= 0.6 is 0 Å². The third-order valence-electron chi connectivity index (χ3n) is 3.22. The van der Waals surface area contributed by atoms with Gasteiger partial charge in [-0.15, -0.1) is 5.10 Å². The van der Waals surface area contributed by atoms with Gasteiger partial charge < -0.3 is 5.32 Å². The third-order valence-corrected chi connectivity index (χ3v) is 3.22. The molecule has 0 aliphatic heterocycles. The molecule has 0 atom stereocenters. The SMILES string of the molecule is Cc1cc(C)n2nc(C(=O)Nc3ccc(F)c([N+](=O)[O-])c3)nc2n1. The highest BCUT2D eigenvalue weighted by Crippen LogP contribution is 2.21. The molecule has 24 heavy (non-hydrogen) atoms. The molecule has 9 nitrogen and oxygen atoms in total. The summed E-state index contributed by atoms with van der Waals surface area (Å²) in [5.74, 6) is -1.55. The zero-order chi connectivity index (χ0) is 17.4. The molecule has 1 amide bonds. The molecule has 3 aromatic rings. The minimum atomic E-state index is -0.987. The second-order valence-electron chi connectivity index (χ2n) is 5.06. The first kappa shape index (κ1) is 15.5. The highest BCUT2D eigenvalue weighted by molar-refractivity contribution is 6.01. The number of nitro groups is 1. The number of carbonyl (C=O) groups is 1. The first-order valence-electron chi connectivity index (χ1n) is 6.81. The van der Waals surface area contributed by atoms with Crippen molar-refractivity contribution >= 4 is 23.1 Å². The number of hydrogen-bond donors (Lipinski definition) is 1. The Morgan fingerprint density at radius 1 is 1.29 bits per heavy atom. The first-order chi connectivity index (χ1) is 11.3. The molecule has 10 heteroatoms. The van der Waals surface area contributed by atoms with Gasteiger partial charge in [0.25, 0.3) is 11.7 Å². The minimum absolute atomic E-state index is 0.0628. The van der Waals surface area contributed by atoms with Gasteiger partial charge in [0.15, 0.2) is 0 Å². The topological polar surface area (TPSA) is 115 Å². The predicted molar refractivity (Wildman–Crippen MR) is 81.3 cm³/mol. The van der Waals surface area contributed by atoms with Crippen LogP contribution in [0.3, 0.4) is 0 Å². The Morgan fingerprint density at radius 2 is 2.04 bits per heavy atom. The maximum absolute atomic E-state index is 13.3. The van der Waals surface area contributed by atoms with Crippen LogP contribution < -0.4 is 5.32 Å². The molecular formula is C14H11FN6O3. The maximum Gasteiger partial charge on any atom is 0.306 e. The number of aromatic nitrogens is 4. The number of hydrogen-bond acceptors (Lipinski definition) is 6. The quantitative estimate of drug-likeness (QED) is 0.580. The molecule has 0 radical (unpaired) electrons. The van der Waals surface area contributed by atoms with Gasteiger partial charge in [-0.25, -0.2) is 9.50 Å². The Balaban J connectivity index is 1.92. The standard InChI is InChI=1S/C14H11FN6O3/c1-7-5-8(2)20-14(16-7)18-12(19-20)13(22)17-9-3-4-10(15)11(6-9)21(23)24/h3-6H,1-2H3,(H,17,22). The predicted octanol–water partition coefficient (Wildman–Crippen LogP) is 2.04. The fraction of sp³-hybridized carbons (Fsp3) is 0.143. The largest absolute Gasteiger partial charge is 0.319 e. The summed E-state index contributed by atoms with van der Waals surface area (Å²) in [4.78, 5) is 30.3. The maximum atomic E-state index is 13.3. The lowest BCUT2D eigenvalue weighted by Crippen LogP contribution is -2.14. The third kappa shape index (κ3) is 2.76. The number of amides is 1. The van der Waals surface area contributed by atoms with Crippen LogP contribution in [0.5, 0.6) is 0 Å². The van der Waals surface area contributed by atoms with E-state index in [1.54, 1.807) is 19.9 Å². The molecule has 1 aromatic carbocycles. The molecule has 1 N–H and O–H groups in total.